The van der Waals surface area contributed by atoms with Crippen molar-refractivity contribution in [1.82, 2.24) is 0 Å². The normalized spacial score (nSPS) is 17.2. The monoisotopic (exact) mass is 423 g/mol. The lowest BCUT2D eigenvalue weighted by Gasteiger charge is -2.26. The number of rotatable bonds is 7. The van der Waals surface area contributed by atoms with E-state index in [2.05, 4.69) is 15.9 Å². The number of Topliss-reactive ketones (excluding diaryl/α,β-unsaturated/α-hetero) is 2. The molecule has 2 unspecified atom stereocenters. The highest BCUT2D eigenvalue weighted by Crippen LogP contribution is 2.45. The highest BCUT2D eigenvalue weighted by Gasteiger charge is 2.50. The van der Waals surface area contributed by atoms with E-state index in [4.69, 9.17) is 4.74 Å². The molecule has 0 radical (unpaired) electrons. The lowest BCUT2D eigenvalue weighted by Crippen LogP contribution is -2.42. The molecule has 140 valence electrons. The van der Waals surface area contributed by atoms with Gasteiger partial charge in [-0.25, -0.2) is 0 Å². The summed E-state index contributed by atoms with van der Waals surface area (Å²) in [4.78, 5) is 51.5. The molecule has 1 heterocycles. The van der Waals surface area contributed by atoms with E-state index in [1.807, 2.05) is 6.92 Å². The smallest absolute Gasteiger partial charge is 0.311 e. The Balaban J connectivity index is 2.60. The second-order valence-electron chi connectivity index (χ2n) is 6.47. The second kappa shape index (κ2) is 8.12. The van der Waals surface area contributed by atoms with Crippen molar-refractivity contribution >= 4 is 45.1 Å². The number of anilines is 1. The third-order valence-electron chi connectivity index (χ3n) is 4.60. The number of amides is 1. The van der Waals surface area contributed by atoms with Gasteiger partial charge in [-0.3, -0.25) is 19.2 Å². The van der Waals surface area contributed by atoms with E-state index in [1.54, 1.807) is 25.2 Å². The highest BCUT2D eigenvalue weighted by molar-refractivity contribution is 9.10. The summed E-state index contributed by atoms with van der Waals surface area (Å²) in [5.41, 5.74) is 1.26. The summed E-state index contributed by atoms with van der Waals surface area (Å²) in [6, 6.07) is 5.31. The van der Waals surface area contributed by atoms with Gasteiger partial charge in [0.2, 0.25) is 5.91 Å². The van der Waals surface area contributed by atoms with Gasteiger partial charge in [0.05, 0.1) is 24.4 Å². The van der Waals surface area contributed by atoms with E-state index in [9.17, 15) is 19.2 Å². The summed E-state index contributed by atoms with van der Waals surface area (Å²) in [5, 5.41) is 0. The van der Waals surface area contributed by atoms with Crippen LogP contribution in [0.1, 0.15) is 38.7 Å². The Morgan fingerprint density at radius 1 is 1.23 bits per heavy atom. The van der Waals surface area contributed by atoms with Crippen molar-refractivity contribution in [3.05, 3.63) is 28.2 Å². The number of esters is 1. The van der Waals surface area contributed by atoms with Crippen molar-refractivity contribution in [2.24, 2.45) is 11.8 Å². The summed E-state index contributed by atoms with van der Waals surface area (Å²) in [6.45, 7) is 4.53. The van der Waals surface area contributed by atoms with Crippen LogP contribution in [0.25, 0.3) is 0 Å². The summed E-state index contributed by atoms with van der Waals surface area (Å²) in [7, 11) is 1.61. The molecule has 1 amide bonds. The van der Waals surface area contributed by atoms with Crippen LogP contribution in [0.4, 0.5) is 5.69 Å². The highest BCUT2D eigenvalue weighted by atomic mass is 79.9. The molecule has 2 atom stereocenters. The third-order valence-corrected chi connectivity index (χ3v) is 5.09. The van der Waals surface area contributed by atoms with E-state index in [0.717, 1.165) is 4.47 Å². The summed E-state index contributed by atoms with van der Waals surface area (Å²) >= 11 is 3.38. The molecule has 26 heavy (non-hydrogen) atoms. The van der Waals surface area contributed by atoms with Crippen LogP contribution in [0, 0.1) is 11.8 Å². The van der Waals surface area contributed by atoms with Gasteiger partial charge in [-0.15, -0.1) is 0 Å². The van der Waals surface area contributed by atoms with E-state index >= 15 is 0 Å². The molecule has 0 fully saturated rings. The van der Waals surface area contributed by atoms with Crippen molar-refractivity contribution in [3.63, 3.8) is 0 Å². The fourth-order valence-corrected chi connectivity index (χ4v) is 3.82. The van der Waals surface area contributed by atoms with Crippen LogP contribution < -0.4 is 4.90 Å². The molecule has 0 aromatic heterocycles. The SMILES string of the molecule is CCCOC(=O)C(C(C(C)=O)C(C)=O)C1C(=O)N(C)c2ccc(Br)cc21. The number of carbonyl (C=O) groups is 4. The van der Waals surface area contributed by atoms with Gasteiger partial charge in [0.25, 0.3) is 0 Å². The van der Waals surface area contributed by atoms with Crippen molar-refractivity contribution in [3.8, 4) is 0 Å². The Hall–Kier alpha value is -2.02. The molecule has 0 saturated carbocycles. The fraction of sp³-hybridized carbons (Fsp3) is 0.474. The van der Waals surface area contributed by atoms with Crippen LogP contribution in [0.15, 0.2) is 22.7 Å². The van der Waals surface area contributed by atoms with Crippen molar-refractivity contribution < 1.29 is 23.9 Å². The molecular weight excluding hydrogens is 402 g/mol. The van der Waals surface area contributed by atoms with Crippen molar-refractivity contribution in [2.75, 3.05) is 18.6 Å². The zero-order valence-corrected chi connectivity index (χ0v) is 16.8. The first kappa shape index (κ1) is 20.3. The van der Waals surface area contributed by atoms with Crippen LogP contribution in [0.3, 0.4) is 0 Å². The van der Waals surface area contributed by atoms with E-state index in [-0.39, 0.29) is 12.5 Å². The average Bonchev–Trinajstić information content (AvgIpc) is 2.80. The van der Waals surface area contributed by atoms with Crippen LogP contribution in [0.5, 0.6) is 0 Å². The zero-order chi connectivity index (χ0) is 19.6. The lowest BCUT2D eigenvalue weighted by atomic mass is 9.75. The molecule has 0 spiro atoms. The molecule has 0 bridgehead atoms. The number of likely N-dealkylation sites (N-methyl/N-ethyl adjacent to an activating group) is 1. The lowest BCUT2D eigenvalue weighted by molar-refractivity contribution is -0.157. The van der Waals surface area contributed by atoms with Crippen LogP contribution in [-0.2, 0) is 23.9 Å². The summed E-state index contributed by atoms with van der Waals surface area (Å²) in [5.74, 6) is -5.25. The molecular formula is C19H22BrNO5. The molecule has 1 aliphatic rings. The van der Waals surface area contributed by atoms with E-state index in [0.29, 0.717) is 17.7 Å². The average molecular weight is 424 g/mol. The zero-order valence-electron chi connectivity index (χ0n) is 15.2. The van der Waals surface area contributed by atoms with Crippen LogP contribution in [-0.4, -0.2) is 37.1 Å². The molecule has 0 aliphatic carbocycles. The molecule has 1 aromatic carbocycles. The first-order valence-electron chi connectivity index (χ1n) is 8.45. The standard InChI is InChI=1S/C19H22BrNO5/c1-5-8-26-19(25)17(15(10(2)22)11(3)23)16-13-9-12(20)6-7-14(13)21(4)18(16)24/h6-7,9,15-17H,5,8H2,1-4H3. The molecule has 6 nitrogen and oxygen atoms in total. The second-order valence-corrected chi connectivity index (χ2v) is 7.39. The molecule has 0 saturated heterocycles. The Bertz CT molecular complexity index is 746. The van der Waals surface area contributed by atoms with E-state index in [1.165, 1.54) is 18.7 Å². The van der Waals surface area contributed by atoms with Gasteiger partial charge in [0.15, 0.2) is 0 Å². The molecule has 0 N–H and O–H groups in total. The van der Waals surface area contributed by atoms with Gasteiger partial charge in [-0.2, -0.15) is 0 Å². The van der Waals surface area contributed by atoms with Crippen LogP contribution >= 0.6 is 15.9 Å². The fourth-order valence-electron chi connectivity index (χ4n) is 3.44. The number of hydrogen-bond donors (Lipinski definition) is 0. The number of ether oxygens (including phenoxy) is 1. The largest absolute Gasteiger partial charge is 0.465 e. The minimum absolute atomic E-state index is 0.167. The number of nitrogens with zero attached hydrogens (tertiary/aromatic N) is 1. The Morgan fingerprint density at radius 2 is 1.85 bits per heavy atom. The van der Waals surface area contributed by atoms with Gasteiger partial charge in [0.1, 0.15) is 11.6 Å². The van der Waals surface area contributed by atoms with Gasteiger partial charge in [0, 0.05) is 17.2 Å². The van der Waals surface area contributed by atoms with Gasteiger partial charge >= 0.3 is 5.97 Å². The van der Waals surface area contributed by atoms with Crippen molar-refractivity contribution in [1.29, 1.82) is 0 Å². The predicted octanol–water partition coefficient (Wildman–Crippen LogP) is 2.87. The number of carbonyl (C=O) groups excluding carboxylic acids is 4. The quantitative estimate of drug-likeness (QED) is 0.497. The third kappa shape index (κ3) is 3.72. The van der Waals surface area contributed by atoms with Gasteiger partial charge in [-0.05, 0) is 44.0 Å². The van der Waals surface area contributed by atoms with Crippen LogP contribution in [0.2, 0.25) is 0 Å². The summed E-state index contributed by atoms with van der Waals surface area (Å²) < 4.78 is 5.99. The summed E-state index contributed by atoms with van der Waals surface area (Å²) in [6.07, 6.45) is 0.601. The number of halogens is 1. The molecule has 7 heteroatoms. The van der Waals surface area contributed by atoms with E-state index < -0.39 is 35.3 Å². The number of benzene rings is 1. The first-order chi connectivity index (χ1) is 12.2. The topological polar surface area (TPSA) is 80.8 Å². The maximum Gasteiger partial charge on any atom is 0.311 e. The number of hydrogen-bond acceptors (Lipinski definition) is 5. The molecule has 1 aromatic rings. The number of ketones is 2. The molecule has 1 aliphatic heterocycles. The maximum atomic E-state index is 12.9. The minimum atomic E-state index is -1.22. The van der Waals surface area contributed by atoms with Gasteiger partial charge in [-0.1, -0.05) is 22.9 Å². The first-order valence-corrected chi connectivity index (χ1v) is 9.24. The Kier molecular flexibility index (Phi) is 6.34. The number of fused-ring (bicyclic) bond motifs is 1. The maximum absolute atomic E-state index is 12.9. The Labute approximate surface area is 161 Å². The van der Waals surface area contributed by atoms with Gasteiger partial charge < -0.3 is 9.64 Å². The predicted molar refractivity (Wildman–Crippen MR) is 99.9 cm³/mol. The Morgan fingerprint density at radius 3 is 2.38 bits per heavy atom. The molecule has 2 rings (SSSR count). The minimum Gasteiger partial charge on any atom is -0.465 e. The van der Waals surface area contributed by atoms with Crippen molar-refractivity contribution in [2.45, 2.75) is 33.1 Å².